The Morgan fingerprint density at radius 3 is 2.58 bits per heavy atom. The van der Waals surface area contributed by atoms with Crippen LogP contribution in [0.25, 0.3) is 0 Å². The van der Waals surface area contributed by atoms with E-state index in [1.54, 1.807) is 4.90 Å². The molecule has 9 heteroatoms. The minimum Gasteiger partial charge on any atom is -0.459 e. The number of amides is 1. The Bertz CT molecular complexity index is 640. The molecule has 0 aliphatic heterocycles. The van der Waals surface area contributed by atoms with E-state index in [-0.39, 0.29) is 34.5 Å². The topological polar surface area (TPSA) is 55.3 Å². The maximum atomic E-state index is 12.5. The van der Waals surface area contributed by atoms with E-state index >= 15 is 0 Å². The van der Waals surface area contributed by atoms with E-state index in [9.17, 15) is 18.0 Å². The minimum atomic E-state index is -4.56. The van der Waals surface area contributed by atoms with Crippen LogP contribution in [0, 0.1) is 11.3 Å². The van der Waals surface area contributed by atoms with Crippen LogP contribution in [-0.4, -0.2) is 34.2 Å². The second kappa shape index (κ2) is 6.70. The van der Waals surface area contributed by atoms with Crippen LogP contribution in [0.1, 0.15) is 39.1 Å². The molecule has 0 bridgehead atoms. The average molecular weight is 363 g/mol. The van der Waals surface area contributed by atoms with Crippen molar-refractivity contribution in [1.82, 2.24) is 15.1 Å². The van der Waals surface area contributed by atoms with E-state index in [1.807, 2.05) is 6.92 Å². The smallest absolute Gasteiger partial charge is 0.445 e. The van der Waals surface area contributed by atoms with E-state index in [4.69, 9.17) is 4.74 Å². The van der Waals surface area contributed by atoms with Crippen LogP contribution in [0.15, 0.2) is 11.8 Å². The molecule has 1 unspecified atom stereocenters. The van der Waals surface area contributed by atoms with Crippen LogP contribution in [0.3, 0.4) is 0 Å². The molecule has 0 saturated heterocycles. The van der Waals surface area contributed by atoms with Crippen molar-refractivity contribution in [3.63, 3.8) is 0 Å². The highest BCUT2D eigenvalue weighted by Crippen LogP contribution is 2.42. The van der Waals surface area contributed by atoms with Crippen LogP contribution < -0.4 is 4.74 Å². The first kappa shape index (κ1) is 18.7. The zero-order valence-electron chi connectivity index (χ0n) is 14.0. The number of halogens is 3. The van der Waals surface area contributed by atoms with Gasteiger partial charge in [-0.2, -0.15) is 13.2 Å². The van der Waals surface area contributed by atoms with Crippen molar-refractivity contribution in [3.05, 3.63) is 16.8 Å². The molecule has 1 heterocycles. The molecule has 0 fully saturated rings. The molecule has 0 saturated carbocycles. The Morgan fingerprint density at radius 1 is 1.46 bits per heavy atom. The molecule has 1 aromatic rings. The molecule has 5 nitrogen and oxygen atoms in total. The summed E-state index contributed by atoms with van der Waals surface area (Å²) >= 11 is 0.279. The number of hydrogen-bond donors (Lipinski definition) is 0. The predicted octanol–water partition coefficient (Wildman–Crippen LogP) is 3.73. The minimum absolute atomic E-state index is 0.0741. The number of alkyl halides is 3. The zero-order chi connectivity index (χ0) is 18.1. The van der Waals surface area contributed by atoms with E-state index < -0.39 is 11.2 Å². The number of likely N-dealkylation sites (N-methyl/N-ethyl adjacent to an activating group) is 1. The third-order valence-electron chi connectivity index (χ3n) is 4.24. The molecule has 1 aliphatic carbocycles. The lowest BCUT2D eigenvalue weighted by molar-refractivity contribution is -0.138. The van der Waals surface area contributed by atoms with Crippen molar-refractivity contribution in [1.29, 1.82) is 0 Å². The molecular formula is C15H20F3N3O2S. The highest BCUT2D eigenvalue weighted by atomic mass is 32.1. The summed E-state index contributed by atoms with van der Waals surface area (Å²) in [6, 6.07) is 0. The van der Waals surface area contributed by atoms with Crippen LogP contribution in [-0.2, 0) is 11.0 Å². The number of allylic oxidation sites excluding steroid dienone is 2. The Kier molecular flexibility index (Phi) is 5.22. The molecule has 2 rings (SSSR count). The van der Waals surface area contributed by atoms with Gasteiger partial charge in [-0.25, -0.2) is 0 Å². The summed E-state index contributed by atoms with van der Waals surface area (Å²) in [4.78, 5) is 14.0. The van der Waals surface area contributed by atoms with Gasteiger partial charge in [0.05, 0.1) is 0 Å². The molecule has 0 aromatic carbocycles. The summed E-state index contributed by atoms with van der Waals surface area (Å²) in [6.07, 6.45) is -1.73. The predicted molar refractivity (Wildman–Crippen MR) is 83.4 cm³/mol. The first-order chi connectivity index (χ1) is 11.0. The van der Waals surface area contributed by atoms with Crippen molar-refractivity contribution in [2.45, 2.75) is 40.3 Å². The van der Waals surface area contributed by atoms with Crippen LogP contribution in [0.2, 0.25) is 0 Å². The van der Waals surface area contributed by atoms with E-state index in [0.717, 1.165) is 12.1 Å². The van der Waals surface area contributed by atoms with E-state index in [1.165, 1.54) is 0 Å². The molecule has 1 atom stereocenters. The van der Waals surface area contributed by atoms with Crippen LogP contribution in [0.4, 0.5) is 13.2 Å². The van der Waals surface area contributed by atoms with Gasteiger partial charge in [0.25, 0.3) is 11.1 Å². The highest BCUT2D eigenvalue weighted by molar-refractivity contribution is 7.13. The number of nitrogens with zero attached hydrogens (tertiary/aromatic N) is 3. The molecular weight excluding hydrogens is 343 g/mol. The number of hydrogen-bond acceptors (Lipinski definition) is 5. The van der Waals surface area contributed by atoms with Gasteiger partial charge in [-0.05, 0) is 24.7 Å². The van der Waals surface area contributed by atoms with Crippen molar-refractivity contribution in [2.75, 3.05) is 13.2 Å². The van der Waals surface area contributed by atoms with Crippen molar-refractivity contribution < 1.29 is 22.7 Å². The number of carbonyl (C=O) groups is 1. The lowest BCUT2D eigenvalue weighted by Crippen LogP contribution is -2.34. The number of aromatic nitrogens is 2. The van der Waals surface area contributed by atoms with E-state index in [2.05, 4.69) is 37.0 Å². The molecule has 1 amide bonds. The van der Waals surface area contributed by atoms with Gasteiger partial charge in [-0.3, -0.25) is 4.79 Å². The van der Waals surface area contributed by atoms with Crippen molar-refractivity contribution in [3.8, 4) is 5.19 Å². The third kappa shape index (κ3) is 4.06. The Balaban J connectivity index is 1.98. The van der Waals surface area contributed by atoms with Crippen LogP contribution >= 0.6 is 11.3 Å². The molecule has 1 aliphatic rings. The summed E-state index contributed by atoms with van der Waals surface area (Å²) in [5.41, 5.74) is 1.00. The summed E-state index contributed by atoms with van der Waals surface area (Å²) in [6.45, 7) is 8.32. The van der Waals surface area contributed by atoms with Crippen molar-refractivity contribution in [2.24, 2.45) is 11.3 Å². The van der Waals surface area contributed by atoms with E-state index in [0.29, 0.717) is 12.5 Å². The highest BCUT2D eigenvalue weighted by Gasteiger charge is 2.37. The summed E-state index contributed by atoms with van der Waals surface area (Å²) in [5, 5.41) is 4.98. The number of carbonyl (C=O) groups excluding carboxylic acids is 1. The monoisotopic (exact) mass is 363 g/mol. The maximum absolute atomic E-state index is 12.5. The van der Waals surface area contributed by atoms with Gasteiger partial charge in [-0.1, -0.05) is 43.3 Å². The van der Waals surface area contributed by atoms with Gasteiger partial charge < -0.3 is 9.64 Å². The fourth-order valence-corrected chi connectivity index (χ4v) is 3.07. The second-order valence-corrected chi connectivity index (χ2v) is 7.35. The zero-order valence-corrected chi connectivity index (χ0v) is 14.8. The lowest BCUT2D eigenvalue weighted by atomic mass is 9.82. The normalized spacial score (nSPS) is 20.0. The second-order valence-electron chi connectivity index (χ2n) is 6.41. The summed E-state index contributed by atoms with van der Waals surface area (Å²) in [5.74, 6) is 0.0326. The Morgan fingerprint density at radius 2 is 2.12 bits per heavy atom. The first-order valence-corrected chi connectivity index (χ1v) is 8.41. The van der Waals surface area contributed by atoms with Gasteiger partial charge >= 0.3 is 6.18 Å². The molecule has 134 valence electrons. The fourth-order valence-electron chi connectivity index (χ4n) is 2.51. The van der Waals surface area contributed by atoms with Gasteiger partial charge in [0.2, 0.25) is 5.01 Å². The third-order valence-corrected chi connectivity index (χ3v) is 5.12. The largest absolute Gasteiger partial charge is 0.459 e. The summed E-state index contributed by atoms with van der Waals surface area (Å²) < 4.78 is 42.5. The quantitative estimate of drug-likeness (QED) is 0.800. The van der Waals surface area contributed by atoms with Gasteiger partial charge in [0.15, 0.2) is 6.61 Å². The van der Waals surface area contributed by atoms with Gasteiger partial charge in [0.1, 0.15) is 0 Å². The molecule has 0 spiro atoms. The van der Waals surface area contributed by atoms with Crippen molar-refractivity contribution >= 4 is 17.2 Å². The van der Waals surface area contributed by atoms with Crippen LogP contribution in [0.5, 0.6) is 5.19 Å². The summed E-state index contributed by atoms with van der Waals surface area (Å²) in [7, 11) is 0. The number of rotatable bonds is 5. The lowest BCUT2D eigenvalue weighted by Gasteiger charge is -2.26. The molecule has 0 N–H and O–H groups in total. The SMILES string of the molecule is CCN(C(=O)COc1nnc(C(F)(F)F)s1)C1=CC(C)C(C)(C)C1. The first-order valence-electron chi connectivity index (χ1n) is 7.59. The Hall–Kier alpha value is -1.64. The number of ether oxygens (including phenoxy) is 1. The van der Waals surface area contributed by atoms with Gasteiger partial charge in [-0.15, -0.1) is 5.10 Å². The maximum Gasteiger partial charge on any atom is 0.445 e. The standard InChI is InChI=1S/C15H20F3N3O2S/c1-5-21(10-6-9(2)14(3,4)7-10)11(22)8-23-13-20-19-12(24-13)15(16,17)18/h6,9H,5,7-8H2,1-4H3. The molecule has 24 heavy (non-hydrogen) atoms. The molecule has 0 radical (unpaired) electrons. The molecule has 1 aromatic heterocycles. The average Bonchev–Trinajstić information content (AvgIpc) is 3.03. The fraction of sp³-hybridized carbons (Fsp3) is 0.667. The Labute approximate surface area is 142 Å². The van der Waals surface area contributed by atoms with Gasteiger partial charge in [0, 0.05) is 12.2 Å².